The van der Waals surface area contributed by atoms with Gasteiger partial charge in [-0.05, 0) is 49.2 Å². The van der Waals surface area contributed by atoms with Crippen LogP contribution in [0.5, 0.6) is 0 Å². The summed E-state index contributed by atoms with van der Waals surface area (Å²) in [5, 5.41) is 2.60. The Hall–Kier alpha value is -3.66. The number of para-hydroxylation sites is 1. The van der Waals surface area contributed by atoms with Gasteiger partial charge in [-0.2, -0.15) is 0 Å². The molecule has 0 spiro atoms. The highest BCUT2D eigenvalue weighted by Crippen LogP contribution is 2.24. The van der Waals surface area contributed by atoms with E-state index in [0.29, 0.717) is 11.4 Å². The third-order valence-electron chi connectivity index (χ3n) is 4.74. The molecule has 0 aliphatic heterocycles. The number of hydrogen-bond donors (Lipinski definition) is 2. The first-order valence-corrected chi connectivity index (χ1v) is 10.8. The van der Waals surface area contributed by atoms with Crippen LogP contribution in [0, 0.1) is 13.8 Å². The fraction of sp³-hybridized carbons (Fsp3) is 0.190. The van der Waals surface area contributed by atoms with E-state index < -0.39 is 27.2 Å². The van der Waals surface area contributed by atoms with Crippen molar-refractivity contribution in [1.29, 1.82) is 0 Å². The summed E-state index contributed by atoms with van der Waals surface area (Å²) in [5.74, 6) is -0.495. The van der Waals surface area contributed by atoms with E-state index in [1.54, 1.807) is 0 Å². The molecule has 0 aliphatic rings. The van der Waals surface area contributed by atoms with Gasteiger partial charge in [-0.3, -0.25) is 23.4 Å². The number of carbonyl (C=O) groups is 1. The maximum atomic E-state index is 12.7. The minimum Gasteiger partial charge on any atom is -0.325 e. The third-order valence-corrected chi connectivity index (χ3v) is 6.11. The molecule has 2 aromatic carbocycles. The molecule has 31 heavy (non-hydrogen) atoms. The Morgan fingerprint density at radius 2 is 1.58 bits per heavy atom. The number of carbonyl (C=O) groups excluding carboxylic acids is 1. The van der Waals surface area contributed by atoms with Gasteiger partial charge in [-0.25, -0.2) is 13.2 Å². The topological polar surface area (TPSA) is 119 Å². The summed E-state index contributed by atoms with van der Waals surface area (Å²) in [4.78, 5) is 35.7. The van der Waals surface area contributed by atoms with Crippen LogP contribution in [0.4, 0.5) is 11.4 Å². The van der Waals surface area contributed by atoms with Crippen molar-refractivity contribution in [2.45, 2.75) is 25.3 Å². The number of amides is 1. The standard InChI is InChI=1S/C21H22N4O5S/c1-14-5-4-6-15(2)20(14)23-31(29,30)17-9-7-16(8-10-17)22-18(26)13-25-12-11-19(27)24(3)21(25)28/h4-12,23H,13H2,1-3H3,(H,22,26). The van der Waals surface area contributed by atoms with Gasteiger partial charge in [0.2, 0.25) is 5.91 Å². The summed E-state index contributed by atoms with van der Waals surface area (Å²) < 4.78 is 30.0. The van der Waals surface area contributed by atoms with Crippen LogP contribution in [-0.2, 0) is 28.4 Å². The van der Waals surface area contributed by atoms with Gasteiger partial charge in [-0.1, -0.05) is 18.2 Å². The first-order chi connectivity index (χ1) is 14.6. The Balaban J connectivity index is 1.72. The normalized spacial score (nSPS) is 11.2. The number of sulfonamides is 1. The largest absolute Gasteiger partial charge is 0.331 e. The average Bonchev–Trinajstić information content (AvgIpc) is 2.72. The Bertz CT molecular complexity index is 1340. The maximum absolute atomic E-state index is 12.7. The van der Waals surface area contributed by atoms with Crippen molar-refractivity contribution in [1.82, 2.24) is 9.13 Å². The van der Waals surface area contributed by atoms with Crippen molar-refractivity contribution in [3.05, 3.63) is 86.7 Å². The van der Waals surface area contributed by atoms with Gasteiger partial charge in [0.1, 0.15) is 6.54 Å². The molecule has 1 heterocycles. The molecule has 162 valence electrons. The van der Waals surface area contributed by atoms with E-state index >= 15 is 0 Å². The lowest BCUT2D eigenvalue weighted by Crippen LogP contribution is -2.38. The van der Waals surface area contributed by atoms with Crippen molar-refractivity contribution in [3.63, 3.8) is 0 Å². The monoisotopic (exact) mass is 442 g/mol. The van der Waals surface area contributed by atoms with Crippen LogP contribution < -0.4 is 21.3 Å². The lowest BCUT2D eigenvalue weighted by molar-refractivity contribution is -0.116. The predicted molar refractivity (Wildman–Crippen MR) is 118 cm³/mol. The number of aryl methyl sites for hydroxylation is 2. The SMILES string of the molecule is Cc1cccc(C)c1NS(=O)(=O)c1ccc(NC(=O)Cn2ccc(=O)n(C)c2=O)cc1. The van der Waals surface area contributed by atoms with E-state index in [0.717, 1.165) is 20.3 Å². The first-order valence-electron chi connectivity index (χ1n) is 9.34. The van der Waals surface area contributed by atoms with Crippen molar-refractivity contribution in [2.24, 2.45) is 7.05 Å². The molecule has 0 unspecified atom stereocenters. The molecule has 2 N–H and O–H groups in total. The van der Waals surface area contributed by atoms with Gasteiger partial charge >= 0.3 is 5.69 Å². The Morgan fingerprint density at radius 3 is 2.19 bits per heavy atom. The second-order valence-corrected chi connectivity index (χ2v) is 8.75. The molecule has 3 rings (SSSR count). The van der Waals surface area contributed by atoms with E-state index in [9.17, 15) is 22.8 Å². The summed E-state index contributed by atoms with van der Waals surface area (Å²) >= 11 is 0. The second-order valence-electron chi connectivity index (χ2n) is 7.07. The third kappa shape index (κ3) is 4.92. The Labute approximate surface area is 179 Å². The van der Waals surface area contributed by atoms with Gasteiger partial charge in [0.25, 0.3) is 15.6 Å². The van der Waals surface area contributed by atoms with Crippen LogP contribution >= 0.6 is 0 Å². The Kier molecular flexibility index (Phi) is 6.11. The van der Waals surface area contributed by atoms with Crippen molar-refractivity contribution in [2.75, 3.05) is 10.0 Å². The molecule has 0 aliphatic carbocycles. The zero-order valence-electron chi connectivity index (χ0n) is 17.2. The maximum Gasteiger partial charge on any atom is 0.331 e. The summed E-state index contributed by atoms with van der Waals surface area (Å²) in [6, 6.07) is 12.4. The number of rotatable bonds is 6. The molecule has 9 nitrogen and oxygen atoms in total. The zero-order chi connectivity index (χ0) is 22.8. The highest BCUT2D eigenvalue weighted by atomic mass is 32.2. The van der Waals surface area contributed by atoms with E-state index in [1.807, 2.05) is 32.0 Å². The molecule has 0 saturated heterocycles. The van der Waals surface area contributed by atoms with Crippen LogP contribution in [0.15, 0.2) is 69.2 Å². The van der Waals surface area contributed by atoms with Gasteiger partial charge in [0.05, 0.1) is 10.6 Å². The van der Waals surface area contributed by atoms with Crippen LogP contribution in [-0.4, -0.2) is 23.5 Å². The van der Waals surface area contributed by atoms with Gasteiger partial charge in [0, 0.05) is 25.0 Å². The fourth-order valence-electron chi connectivity index (χ4n) is 2.98. The molecule has 0 atom stereocenters. The highest BCUT2D eigenvalue weighted by molar-refractivity contribution is 7.92. The van der Waals surface area contributed by atoms with E-state index in [4.69, 9.17) is 0 Å². The van der Waals surface area contributed by atoms with Crippen molar-refractivity contribution in [3.8, 4) is 0 Å². The van der Waals surface area contributed by atoms with Crippen LogP contribution in [0.3, 0.4) is 0 Å². The minimum atomic E-state index is -3.81. The smallest absolute Gasteiger partial charge is 0.325 e. The summed E-state index contributed by atoms with van der Waals surface area (Å²) in [7, 11) is -2.48. The van der Waals surface area contributed by atoms with Gasteiger partial charge in [0.15, 0.2) is 0 Å². The van der Waals surface area contributed by atoms with Gasteiger partial charge < -0.3 is 5.32 Å². The van der Waals surface area contributed by atoms with Gasteiger partial charge in [-0.15, -0.1) is 0 Å². The van der Waals surface area contributed by atoms with E-state index in [1.165, 1.54) is 43.6 Å². The number of aromatic nitrogens is 2. The molecule has 0 radical (unpaired) electrons. The van der Waals surface area contributed by atoms with E-state index in [-0.39, 0.29) is 11.4 Å². The lowest BCUT2D eigenvalue weighted by Gasteiger charge is -2.13. The second kappa shape index (κ2) is 8.60. The zero-order valence-corrected chi connectivity index (χ0v) is 18.1. The highest BCUT2D eigenvalue weighted by Gasteiger charge is 2.17. The van der Waals surface area contributed by atoms with Crippen molar-refractivity contribution >= 4 is 27.3 Å². The quantitative estimate of drug-likeness (QED) is 0.601. The molecular weight excluding hydrogens is 420 g/mol. The molecule has 10 heteroatoms. The minimum absolute atomic E-state index is 0.0439. The molecule has 0 fully saturated rings. The van der Waals surface area contributed by atoms with E-state index in [2.05, 4.69) is 10.0 Å². The van der Waals surface area contributed by atoms with Crippen molar-refractivity contribution < 1.29 is 13.2 Å². The summed E-state index contributed by atoms with van der Waals surface area (Å²) in [5.41, 5.74) is 1.44. The molecule has 0 saturated carbocycles. The fourth-order valence-corrected chi connectivity index (χ4v) is 4.18. The Morgan fingerprint density at radius 1 is 0.968 bits per heavy atom. The molecular formula is C21H22N4O5S. The number of benzene rings is 2. The number of nitrogens with zero attached hydrogens (tertiary/aromatic N) is 2. The number of anilines is 2. The summed E-state index contributed by atoms with van der Waals surface area (Å²) in [6.45, 7) is 3.35. The predicted octanol–water partition coefficient (Wildman–Crippen LogP) is 1.60. The molecule has 3 aromatic rings. The van der Waals surface area contributed by atoms with Crippen LogP contribution in [0.25, 0.3) is 0 Å². The molecule has 0 bridgehead atoms. The summed E-state index contributed by atoms with van der Waals surface area (Å²) in [6.07, 6.45) is 1.25. The number of nitrogens with one attached hydrogen (secondary N) is 2. The molecule has 1 aromatic heterocycles. The lowest BCUT2D eigenvalue weighted by atomic mass is 10.1. The first kappa shape index (κ1) is 22.0. The average molecular weight is 442 g/mol. The number of hydrogen-bond acceptors (Lipinski definition) is 5. The van der Waals surface area contributed by atoms with Crippen LogP contribution in [0.2, 0.25) is 0 Å². The molecule has 1 amide bonds. The van der Waals surface area contributed by atoms with Crippen LogP contribution in [0.1, 0.15) is 11.1 Å².